The van der Waals surface area contributed by atoms with Gasteiger partial charge in [-0.3, -0.25) is 9.59 Å². The zero-order valence-electron chi connectivity index (χ0n) is 17.4. The van der Waals surface area contributed by atoms with Crippen LogP contribution in [0.4, 0.5) is 0 Å². The van der Waals surface area contributed by atoms with Crippen molar-refractivity contribution in [3.8, 4) is 0 Å². The third-order valence-electron chi connectivity index (χ3n) is 5.26. The molecule has 0 radical (unpaired) electrons. The molecule has 2 rings (SSSR count). The van der Waals surface area contributed by atoms with E-state index in [1.54, 1.807) is 0 Å². The lowest BCUT2D eigenvalue weighted by Gasteiger charge is -2.24. The van der Waals surface area contributed by atoms with Crippen molar-refractivity contribution < 1.29 is 23.8 Å². The van der Waals surface area contributed by atoms with E-state index < -0.39 is 0 Å². The molecule has 0 saturated carbocycles. The van der Waals surface area contributed by atoms with Gasteiger partial charge in [-0.1, -0.05) is 57.5 Å². The van der Waals surface area contributed by atoms with Gasteiger partial charge in [0.2, 0.25) is 0 Å². The molecular formula is C23H34O5. The minimum atomic E-state index is -0.213. The van der Waals surface area contributed by atoms with Gasteiger partial charge in [0.25, 0.3) is 0 Å². The fourth-order valence-electron chi connectivity index (χ4n) is 3.31. The molecule has 28 heavy (non-hydrogen) atoms. The van der Waals surface area contributed by atoms with E-state index in [1.165, 1.54) is 0 Å². The highest BCUT2D eigenvalue weighted by molar-refractivity contribution is 5.73. The van der Waals surface area contributed by atoms with Crippen molar-refractivity contribution in [2.45, 2.75) is 64.9 Å². The van der Waals surface area contributed by atoms with Gasteiger partial charge < -0.3 is 14.2 Å². The summed E-state index contributed by atoms with van der Waals surface area (Å²) < 4.78 is 15.9. The van der Waals surface area contributed by atoms with Crippen LogP contribution in [0, 0.1) is 11.8 Å². The van der Waals surface area contributed by atoms with Gasteiger partial charge in [-0.05, 0) is 37.2 Å². The number of carbonyl (C=O) groups is 2. The number of unbranched alkanes of at least 4 members (excludes halogenated alkanes) is 1. The number of benzene rings is 1. The average Bonchev–Trinajstić information content (AvgIpc) is 3.54. The first-order chi connectivity index (χ1) is 13.5. The van der Waals surface area contributed by atoms with Crippen LogP contribution < -0.4 is 0 Å². The molecule has 5 heteroatoms. The van der Waals surface area contributed by atoms with Crippen molar-refractivity contribution in [2.24, 2.45) is 11.8 Å². The van der Waals surface area contributed by atoms with E-state index in [2.05, 4.69) is 19.1 Å². The Bertz CT molecular complexity index is 596. The zero-order chi connectivity index (χ0) is 20.4. The number of esters is 2. The summed E-state index contributed by atoms with van der Waals surface area (Å²) in [5.41, 5.74) is 1.15. The van der Waals surface area contributed by atoms with Gasteiger partial charge >= 0.3 is 11.9 Å². The minimum Gasteiger partial charge on any atom is -0.465 e. The van der Waals surface area contributed by atoms with Crippen LogP contribution >= 0.6 is 0 Å². The lowest BCUT2D eigenvalue weighted by molar-refractivity contribution is -0.149. The number of carbonyl (C=O) groups excluding carboxylic acids is 2. The predicted octanol–water partition coefficient (Wildman–Crippen LogP) is 4.50. The molecule has 0 aliphatic carbocycles. The summed E-state index contributed by atoms with van der Waals surface area (Å²) in [4.78, 5) is 24.8. The maximum atomic E-state index is 12.5. The summed E-state index contributed by atoms with van der Waals surface area (Å²) in [6.45, 7) is 7.47. The third kappa shape index (κ3) is 7.63. The molecule has 0 N–H and O–H groups in total. The average molecular weight is 391 g/mol. The Morgan fingerprint density at radius 2 is 1.82 bits per heavy atom. The van der Waals surface area contributed by atoms with Crippen LogP contribution in [0.5, 0.6) is 0 Å². The highest BCUT2D eigenvalue weighted by Crippen LogP contribution is 2.32. The molecule has 0 bridgehead atoms. The SMILES string of the molecule is CCCCOC(=O)C(C)CC(CC(CC)C(=O)OCC1CO1)c1ccccc1. The van der Waals surface area contributed by atoms with Gasteiger partial charge in [0, 0.05) is 0 Å². The van der Waals surface area contributed by atoms with E-state index in [0.29, 0.717) is 39.1 Å². The van der Waals surface area contributed by atoms with Gasteiger partial charge in [-0.2, -0.15) is 0 Å². The molecule has 0 spiro atoms. The highest BCUT2D eigenvalue weighted by atomic mass is 16.6. The Balaban J connectivity index is 1.99. The molecule has 5 nitrogen and oxygen atoms in total. The minimum absolute atomic E-state index is 0.0734. The molecule has 1 aromatic carbocycles. The van der Waals surface area contributed by atoms with E-state index in [4.69, 9.17) is 14.2 Å². The summed E-state index contributed by atoms with van der Waals surface area (Å²) in [6.07, 6.45) is 3.99. The van der Waals surface area contributed by atoms with Crippen LogP contribution in [-0.4, -0.2) is 37.9 Å². The van der Waals surface area contributed by atoms with Gasteiger partial charge in [-0.15, -0.1) is 0 Å². The topological polar surface area (TPSA) is 65.1 Å². The maximum Gasteiger partial charge on any atom is 0.309 e. The number of rotatable bonds is 13. The van der Waals surface area contributed by atoms with E-state index in [1.807, 2.05) is 32.0 Å². The van der Waals surface area contributed by atoms with Crippen LogP contribution in [-0.2, 0) is 23.8 Å². The first kappa shape index (κ1) is 22.4. The lowest BCUT2D eigenvalue weighted by Crippen LogP contribution is -2.24. The van der Waals surface area contributed by atoms with Crippen molar-refractivity contribution in [2.75, 3.05) is 19.8 Å². The second-order valence-electron chi connectivity index (χ2n) is 7.69. The third-order valence-corrected chi connectivity index (χ3v) is 5.26. The first-order valence-corrected chi connectivity index (χ1v) is 10.5. The Kier molecular flexibility index (Phi) is 9.48. The molecule has 1 aliphatic rings. The smallest absolute Gasteiger partial charge is 0.309 e. The van der Waals surface area contributed by atoms with E-state index in [9.17, 15) is 9.59 Å². The molecule has 0 amide bonds. The summed E-state index contributed by atoms with van der Waals surface area (Å²) in [6, 6.07) is 10.1. The van der Waals surface area contributed by atoms with Crippen LogP contribution in [0.3, 0.4) is 0 Å². The standard InChI is InChI=1S/C23H34O5/c1-4-6-12-26-22(24)17(3)13-20(19-10-8-7-9-11-19)14-18(5-2)23(25)28-16-21-15-27-21/h7-11,17-18,20-21H,4-6,12-16H2,1-3H3. The molecular weight excluding hydrogens is 356 g/mol. The summed E-state index contributed by atoms with van der Waals surface area (Å²) in [7, 11) is 0. The van der Waals surface area contributed by atoms with Gasteiger partial charge in [0.15, 0.2) is 0 Å². The van der Waals surface area contributed by atoms with Crippen molar-refractivity contribution in [3.05, 3.63) is 35.9 Å². The molecule has 4 unspecified atom stereocenters. The van der Waals surface area contributed by atoms with E-state index in [0.717, 1.165) is 18.4 Å². The second-order valence-corrected chi connectivity index (χ2v) is 7.69. The molecule has 0 aromatic heterocycles. The molecule has 1 fully saturated rings. The van der Waals surface area contributed by atoms with Gasteiger partial charge in [0.1, 0.15) is 12.7 Å². The predicted molar refractivity (Wildman–Crippen MR) is 108 cm³/mol. The maximum absolute atomic E-state index is 12.5. The quantitative estimate of drug-likeness (QED) is 0.282. The molecule has 1 heterocycles. The van der Waals surface area contributed by atoms with Crippen molar-refractivity contribution in [3.63, 3.8) is 0 Å². The Labute approximate surface area is 168 Å². The fraction of sp³-hybridized carbons (Fsp3) is 0.652. The molecule has 4 atom stereocenters. The van der Waals surface area contributed by atoms with Gasteiger partial charge in [0.05, 0.1) is 25.0 Å². The van der Waals surface area contributed by atoms with Crippen molar-refractivity contribution in [1.29, 1.82) is 0 Å². The van der Waals surface area contributed by atoms with Crippen molar-refractivity contribution >= 4 is 11.9 Å². The Morgan fingerprint density at radius 3 is 2.43 bits per heavy atom. The lowest BCUT2D eigenvalue weighted by atomic mass is 9.82. The van der Waals surface area contributed by atoms with E-state index in [-0.39, 0.29) is 35.8 Å². The van der Waals surface area contributed by atoms with Crippen LogP contribution in [0.15, 0.2) is 30.3 Å². The number of ether oxygens (including phenoxy) is 3. The van der Waals surface area contributed by atoms with E-state index >= 15 is 0 Å². The summed E-state index contributed by atoms with van der Waals surface area (Å²) >= 11 is 0. The number of epoxide rings is 1. The molecule has 1 saturated heterocycles. The van der Waals surface area contributed by atoms with Crippen LogP contribution in [0.25, 0.3) is 0 Å². The summed E-state index contributed by atoms with van der Waals surface area (Å²) in [5.74, 6) is -0.625. The summed E-state index contributed by atoms with van der Waals surface area (Å²) in [5, 5.41) is 0. The number of hydrogen-bond donors (Lipinski definition) is 0. The largest absolute Gasteiger partial charge is 0.465 e. The Hall–Kier alpha value is -1.88. The number of hydrogen-bond acceptors (Lipinski definition) is 5. The van der Waals surface area contributed by atoms with Gasteiger partial charge in [-0.25, -0.2) is 0 Å². The first-order valence-electron chi connectivity index (χ1n) is 10.5. The molecule has 1 aliphatic heterocycles. The Morgan fingerprint density at radius 1 is 1.11 bits per heavy atom. The fourth-order valence-corrected chi connectivity index (χ4v) is 3.31. The van der Waals surface area contributed by atoms with Crippen LogP contribution in [0.2, 0.25) is 0 Å². The zero-order valence-corrected chi connectivity index (χ0v) is 17.4. The monoisotopic (exact) mass is 390 g/mol. The van der Waals surface area contributed by atoms with Crippen molar-refractivity contribution in [1.82, 2.24) is 0 Å². The second kappa shape index (κ2) is 11.8. The molecule has 1 aromatic rings. The molecule has 156 valence electrons. The van der Waals surface area contributed by atoms with Crippen LogP contribution in [0.1, 0.15) is 64.4 Å². The highest BCUT2D eigenvalue weighted by Gasteiger charge is 2.30. The normalized spacial score (nSPS) is 18.8.